The lowest BCUT2D eigenvalue weighted by molar-refractivity contribution is 0.409. The highest BCUT2D eigenvalue weighted by molar-refractivity contribution is 7.87. The number of nitrogens with two attached hydrogens (primary N) is 1. The van der Waals surface area contributed by atoms with Crippen LogP contribution in [0.4, 0.5) is 5.69 Å². The number of anilines is 1. The average molecular weight is 287 g/mol. The normalized spacial score (nSPS) is 12.4. The first kappa shape index (κ1) is 15.7. The van der Waals surface area contributed by atoms with Gasteiger partial charge in [-0.2, -0.15) is 17.9 Å². The third-order valence-corrected chi connectivity index (χ3v) is 3.60. The molecule has 1 aromatic rings. The molecule has 0 aromatic heterocycles. The van der Waals surface area contributed by atoms with Gasteiger partial charge >= 0.3 is 0 Å². The molecule has 0 aliphatic rings. The highest BCUT2D eigenvalue weighted by Gasteiger charge is 2.19. The molecule has 6 nitrogen and oxygen atoms in total. The first-order chi connectivity index (χ1) is 8.63. The maximum atomic E-state index is 11.8. The van der Waals surface area contributed by atoms with Crippen LogP contribution in [-0.4, -0.2) is 21.1 Å². The molecule has 0 spiro atoms. The molecule has 0 fully saturated rings. The summed E-state index contributed by atoms with van der Waals surface area (Å²) in [5.74, 6) is 0.590. The molecule has 0 aliphatic heterocycles. The lowest BCUT2D eigenvalue weighted by Crippen LogP contribution is -2.46. The van der Waals surface area contributed by atoms with Crippen LogP contribution < -0.4 is 19.9 Å². The van der Waals surface area contributed by atoms with Gasteiger partial charge in [-0.3, -0.25) is 0 Å². The van der Waals surface area contributed by atoms with Crippen LogP contribution in [0.5, 0.6) is 5.75 Å². The summed E-state index contributed by atoms with van der Waals surface area (Å²) in [5, 5.41) is 0. The van der Waals surface area contributed by atoms with Gasteiger partial charge in [-0.15, -0.1) is 0 Å². The molecule has 0 atom stereocenters. The van der Waals surface area contributed by atoms with E-state index in [0.717, 1.165) is 0 Å². The van der Waals surface area contributed by atoms with E-state index in [4.69, 9.17) is 10.5 Å². The Bertz CT molecular complexity index is 536. The molecule has 0 heterocycles. The van der Waals surface area contributed by atoms with Crippen LogP contribution in [0.15, 0.2) is 18.2 Å². The molecule has 1 aromatic carbocycles. The summed E-state index contributed by atoms with van der Waals surface area (Å²) in [4.78, 5) is 0. The molecule has 0 saturated carbocycles. The SMILES string of the molecule is COc1ccc(N)cc1CNS(=O)(=O)NC(C)(C)C. The molecule has 4 N–H and O–H groups in total. The molecule has 0 radical (unpaired) electrons. The molecule has 0 unspecified atom stereocenters. The summed E-state index contributed by atoms with van der Waals surface area (Å²) >= 11 is 0. The quantitative estimate of drug-likeness (QED) is 0.704. The van der Waals surface area contributed by atoms with Gasteiger partial charge in [0.1, 0.15) is 5.75 Å². The number of rotatable bonds is 5. The Morgan fingerprint density at radius 3 is 2.47 bits per heavy atom. The zero-order chi connectivity index (χ0) is 14.7. The fraction of sp³-hybridized carbons (Fsp3) is 0.500. The fourth-order valence-electron chi connectivity index (χ4n) is 1.55. The summed E-state index contributed by atoms with van der Waals surface area (Å²) in [7, 11) is -2.05. The second kappa shape index (κ2) is 5.77. The van der Waals surface area contributed by atoms with Crippen LogP contribution >= 0.6 is 0 Å². The van der Waals surface area contributed by atoms with E-state index in [1.54, 1.807) is 39.0 Å². The predicted molar refractivity (Wildman–Crippen MR) is 76.1 cm³/mol. The van der Waals surface area contributed by atoms with Gasteiger partial charge in [-0.1, -0.05) is 0 Å². The van der Waals surface area contributed by atoms with Crippen molar-refractivity contribution in [2.75, 3.05) is 12.8 Å². The number of nitrogen functional groups attached to an aromatic ring is 1. The molecule has 19 heavy (non-hydrogen) atoms. The van der Waals surface area contributed by atoms with Crippen LogP contribution in [0.2, 0.25) is 0 Å². The third kappa shape index (κ3) is 5.46. The van der Waals surface area contributed by atoms with Crippen LogP contribution in [0, 0.1) is 0 Å². The Hall–Kier alpha value is -1.31. The van der Waals surface area contributed by atoms with Crippen molar-refractivity contribution in [1.29, 1.82) is 0 Å². The lowest BCUT2D eigenvalue weighted by Gasteiger charge is -2.20. The van der Waals surface area contributed by atoms with Crippen molar-refractivity contribution in [3.8, 4) is 5.75 Å². The molecule has 7 heteroatoms. The maximum Gasteiger partial charge on any atom is 0.277 e. The Morgan fingerprint density at radius 1 is 1.32 bits per heavy atom. The van der Waals surface area contributed by atoms with Crippen molar-refractivity contribution in [2.45, 2.75) is 32.9 Å². The van der Waals surface area contributed by atoms with E-state index in [-0.39, 0.29) is 6.54 Å². The van der Waals surface area contributed by atoms with Crippen LogP contribution in [0.3, 0.4) is 0 Å². The van der Waals surface area contributed by atoms with E-state index in [0.29, 0.717) is 17.0 Å². The molecule has 0 amide bonds. The summed E-state index contributed by atoms with van der Waals surface area (Å²) in [6.07, 6.45) is 0. The maximum absolute atomic E-state index is 11.8. The number of ether oxygens (including phenoxy) is 1. The number of hydrogen-bond acceptors (Lipinski definition) is 4. The largest absolute Gasteiger partial charge is 0.496 e. The zero-order valence-corrected chi connectivity index (χ0v) is 12.5. The third-order valence-electron chi connectivity index (χ3n) is 2.20. The van der Waals surface area contributed by atoms with Crippen LogP contribution in [-0.2, 0) is 16.8 Å². The Morgan fingerprint density at radius 2 is 1.95 bits per heavy atom. The summed E-state index contributed by atoms with van der Waals surface area (Å²) in [6, 6.07) is 5.08. The van der Waals surface area contributed by atoms with Crippen molar-refractivity contribution in [3.05, 3.63) is 23.8 Å². The van der Waals surface area contributed by atoms with Crippen molar-refractivity contribution in [1.82, 2.24) is 9.44 Å². The molecular weight excluding hydrogens is 266 g/mol. The van der Waals surface area contributed by atoms with Crippen molar-refractivity contribution in [3.63, 3.8) is 0 Å². The van der Waals surface area contributed by atoms with Crippen LogP contribution in [0.1, 0.15) is 26.3 Å². The second-order valence-corrected chi connectivity index (χ2v) is 6.75. The number of nitrogens with one attached hydrogen (secondary N) is 2. The minimum absolute atomic E-state index is 0.111. The minimum atomic E-state index is -3.57. The average Bonchev–Trinajstić information content (AvgIpc) is 2.23. The van der Waals surface area contributed by atoms with E-state index in [9.17, 15) is 8.42 Å². The fourth-order valence-corrected chi connectivity index (χ4v) is 2.77. The standard InChI is InChI=1S/C12H21N3O3S/c1-12(2,3)15-19(16,17)14-8-9-7-10(13)5-6-11(9)18-4/h5-7,14-15H,8,13H2,1-4H3. The predicted octanol–water partition coefficient (Wildman–Crippen LogP) is 1.000. The van der Waals surface area contributed by atoms with Gasteiger partial charge in [0.05, 0.1) is 7.11 Å². The minimum Gasteiger partial charge on any atom is -0.496 e. The topological polar surface area (TPSA) is 93.4 Å². The summed E-state index contributed by atoms with van der Waals surface area (Å²) < 4.78 is 33.7. The van der Waals surface area contributed by atoms with Gasteiger partial charge in [0, 0.05) is 23.3 Å². The van der Waals surface area contributed by atoms with E-state index in [2.05, 4.69) is 9.44 Å². The highest BCUT2D eigenvalue weighted by Crippen LogP contribution is 2.20. The van der Waals surface area contributed by atoms with Crippen LogP contribution in [0.25, 0.3) is 0 Å². The van der Waals surface area contributed by atoms with Crippen molar-refractivity contribution < 1.29 is 13.2 Å². The molecule has 1 rings (SSSR count). The number of benzene rings is 1. The van der Waals surface area contributed by atoms with E-state index in [1.165, 1.54) is 7.11 Å². The molecule has 0 aliphatic carbocycles. The van der Waals surface area contributed by atoms with Gasteiger partial charge in [0.15, 0.2) is 0 Å². The number of hydrogen-bond donors (Lipinski definition) is 3. The first-order valence-electron chi connectivity index (χ1n) is 5.84. The summed E-state index contributed by atoms with van der Waals surface area (Å²) in [6.45, 7) is 5.42. The summed E-state index contributed by atoms with van der Waals surface area (Å²) in [5.41, 5.74) is 6.38. The highest BCUT2D eigenvalue weighted by atomic mass is 32.2. The molecular formula is C12H21N3O3S. The van der Waals surface area contributed by atoms with Crippen molar-refractivity contribution in [2.24, 2.45) is 0 Å². The molecule has 0 bridgehead atoms. The van der Waals surface area contributed by atoms with Crippen molar-refractivity contribution >= 4 is 15.9 Å². The molecule has 0 saturated heterocycles. The van der Waals surface area contributed by atoms with E-state index in [1.807, 2.05) is 0 Å². The van der Waals surface area contributed by atoms with Gasteiger partial charge < -0.3 is 10.5 Å². The van der Waals surface area contributed by atoms with Gasteiger partial charge in [-0.05, 0) is 39.0 Å². The Labute approximate surface area is 114 Å². The monoisotopic (exact) mass is 287 g/mol. The van der Waals surface area contributed by atoms with Gasteiger partial charge in [0.2, 0.25) is 0 Å². The number of methoxy groups -OCH3 is 1. The Balaban J connectivity index is 2.79. The first-order valence-corrected chi connectivity index (χ1v) is 7.32. The van der Waals surface area contributed by atoms with Gasteiger partial charge in [-0.25, -0.2) is 0 Å². The van der Waals surface area contributed by atoms with E-state index >= 15 is 0 Å². The lowest BCUT2D eigenvalue weighted by atomic mass is 10.1. The molecule has 108 valence electrons. The van der Waals surface area contributed by atoms with Gasteiger partial charge in [0.25, 0.3) is 10.2 Å². The van der Waals surface area contributed by atoms with E-state index < -0.39 is 15.7 Å². The Kier molecular flexibility index (Phi) is 4.78. The zero-order valence-electron chi connectivity index (χ0n) is 11.6. The smallest absolute Gasteiger partial charge is 0.277 e. The second-order valence-electron chi connectivity index (χ2n) is 5.25.